The van der Waals surface area contributed by atoms with Crippen LogP contribution in [-0.4, -0.2) is 47.4 Å². The highest BCUT2D eigenvalue weighted by Crippen LogP contribution is 2.18. The maximum atomic E-state index is 12.5. The summed E-state index contributed by atoms with van der Waals surface area (Å²) in [5.74, 6) is -0.0413. The molecule has 0 rings (SSSR count). The van der Waals surface area contributed by atoms with E-state index in [0.717, 1.165) is 51.4 Å². The van der Waals surface area contributed by atoms with Crippen LogP contribution in [0.1, 0.15) is 367 Å². The molecule has 2 atom stereocenters. The largest absolute Gasteiger partial charge is 0.466 e. The van der Waals surface area contributed by atoms with Crippen LogP contribution >= 0.6 is 0 Å². The Morgan fingerprint density at radius 1 is 0.373 bits per heavy atom. The van der Waals surface area contributed by atoms with Crippen LogP contribution in [-0.2, 0) is 14.3 Å². The number of rotatable bonds is 63. The lowest BCUT2D eigenvalue weighted by Crippen LogP contribution is -2.45. The lowest BCUT2D eigenvalue weighted by atomic mass is 10.0. The summed E-state index contributed by atoms with van der Waals surface area (Å²) in [4.78, 5) is 24.6. The number of esters is 1. The van der Waals surface area contributed by atoms with E-state index in [1.165, 1.54) is 283 Å². The first-order chi connectivity index (χ1) is 37.0. The fourth-order valence-corrected chi connectivity index (χ4v) is 10.5. The van der Waals surface area contributed by atoms with Crippen LogP contribution in [0.5, 0.6) is 0 Å². The number of aliphatic hydroxyl groups excluding tert-OH is 2. The van der Waals surface area contributed by atoms with Gasteiger partial charge in [-0.2, -0.15) is 0 Å². The topological polar surface area (TPSA) is 95.9 Å². The molecule has 6 heteroatoms. The van der Waals surface area contributed by atoms with Gasteiger partial charge in [-0.05, 0) is 77.0 Å². The number of allylic oxidation sites excluding steroid dienone is 6. The molecular weight excluding hydrogens is 923 g/mol. The van der Waals surface area contributed by atoms with Gasteiger partial charge < -0.3 is 20.3 Å². The van der Waals surface area contributed by atoms with Gasteiger partial charge >= 0.3 is 5.97 Å². The molecule has 0 aliphatic rings. The Labute approximate surface area is 468 Å². The first-order valence-corrected chi connectivity index (χ1v) is 33.7. The van der Waals surface area contributed by atoms with Crippen molar-refractivity contribution in [2.45, 2.75) is 379 Å². The average Bonchev–Trinajstić information content (AvgIpc) is 3.41. The van der Waals surface area contributed by atoms with Crippen LogP contribution in [0.15, 0.2) is 36.5 Å². The molecule has 0 aromatic rings. The van der Waals surface area contributed by atoms with Gasteiger partial charge in [0.1, 0.15) is 0 Å². The molecule has 0 aromatic heterocycles. The highest BCUT2D eigenvalue weighted by atomic mass is 16.5. The standard InChI is InChI=1S/C69H131NO5/c1-3-5-7-9-11-13-15-17-18-19-20-21-25-28-31-34-38-41-45-49-53-57-61-67(72)66(65-71)70-68(73)62-58-54-50-46-42-39-35-32-29-26-23-22-24-27-30-33-36-40-44-48-52-56-60-64-75-69(74)63-59-55-51-47-43-37-16-14-12-10-8-6-4-2/h8,10,14,16,26,29,66-67,71-72H,3-7,9,11-13,15,17-25,27-28,30-65H2,1-2H3,(H,70,73)/b10-8-,16-14-,29-26-. The van der Waals surface area contributed by atoms with Gasteiger partial charge in [0.15, 0.2) is 0 Å². The maximum absolute atomic E-state index is 12.5. The van der Waals surface area contributed by atoms with Crippen molar-refractivity contribution in [1.29, 1.82) is 0 Å². The summed E-state index contributed by atoms with van der Waals surface area (Å²) in [5.41, 5.74) is 0. The van der Waals surface area contributed by atoms with Crippen molar-refractivity contribution in [1.82, 2.24) is 5.32 Å². The first-order valence-electron chi connectivity index (χ1n) is 33.7. The third-order valence-corrected chi connectivity index (χ3v) is 15.6. The first kappa shape index (κ1) is 73.1. The Bertz CT molecular complexity index is 1210. The number of hydrogen-bond donors (Lipinski definition) is 3. The molecule has 0 bridgehead atoms. The molecule has 6 nitrogen and oxygen atoms in total. The molecule has 0 radical (unpaired) electrons. The lowest BCUT2D eigenvalue weighted by molar-refractivity contribution is -0.143. The molecule has 0 aliphatic carbocycles. The zero-order valence-electron chi connectivity index (χ0n) is 50.5. The number of nitrogens with one attached hydrogen (secondary N) is 1. The molecule has 0 aromatic carbocycles. The van der Waals surface area contributed by atoms with Gasteiger partial charge in [0.05, 0.1) is 25.4 Å². The van der Waals surface area contributed by atoms with Crippen LogP contribution in [0.3, 0.4) is 0 Å². The van der Waals surface area contributed by atoms with Gasteiger partial charge in [-0.25, -0.2) is 0 Å². The SMILES string of the molecule is CCC/C=C\C/C=C\CCCCCCCC(=O)OCCCCCCCCCCCCCC/C=C\CCCCCCCCCC(=O)NC(CO)C(O)CCCCCCCCCCCCCCCCCCCCCCCC. The number of unbranched alkanes of at least 4 members (excludes halogenated alkanes) is 46. The zero-order valence-corrected chi connectivity index (χ0v) is 50.5. The van der Waals surface area contributed by atoms with Crippen LogP contribution in [0, 0.1) is 0 Å². The Morgan fingerprint density at radius 3 is 1.08 bits per heavy atom. The summed E-state index contributed by atoms with van der Waals surface area (Å²) in [6.07, 6.45) is 81.7. The second-order valence-corrected chi connectivity index (χ2v) is 23.1. The van der Waals surface area contributed by atoms with Gasteiger partial charge in [-0.3, -0.25) is 9.59 Å². The van der Waals surface area contributed by atoms with Crippen LogP contribution < -0.4 is 5.32 Å². The fraction of sp³-hybridized carbons (Fsp3) is 0.884. The van der Waals surface area contributed by atoms with Crippen molar-refractivity contribution in [2.24, 2.45) is 0 Å². The molecule has 0 aliphatic heterocycles. The summed E-state index contributed by atoms with van der Waals surface area (Å²) in [7, 11) is 0. The van der Waals surface area contributed by atoms with Crippen molar-refractivity contribution < 1.29 is 24.5 Å². The van der Waals surface area contributed by atoms with E-state index in [4.69, 9.17) is 4.74 Å². The van der Waals surface area contributed by atoms with Gasteiger partial charge in [0, 0.05) is 12.8 Å². The summed E-state index contributed by atoms with van der Waals surface area (Å²) in [6.45, 7) is 4.91. The summed E-state index contributed by atoms with van der Waals surface area (Å²) < 4.78 is 5.47. The maximum Gasteiger partial charge on any atom is 0.305 e. The van der Waals surface area contributed by atoms with Gasteiger partial charge in [0.2, 0.25) is 5.91 Å². The molecular formula is C69H131NO5. The van der Waals surface area contributed by atoms with Crippen LogP contribution in [0.2, 0.25) is 0 Å². The van der Waals surface area contributed by atoms with Crippen molar-refractivity contribution in [3.05, 3.63) is 36.5 Å². The van der Waals surface area contributed by atoms with Gasteiger partial charge in [-0.15, -0.1) is 0 Å². The Hall–Kier alpha value is -1.92. The van der Waals surface area contributed by atoms with Gasteiger partial charge in [-0.1, -0.05) is 314 Å². The third-order valence-electron chi connectivity index (χ3n) is 15.6. The van der Waals surface area contributed by atoms with Crippen molar-refractivity contribution >= 4 is 11.9 Å². The van der Waals surface area contributed by atoms with E-state index in [1.807, 2.05) is 0 Å². The van der Waals surface area contributed by atoms with Crippen molar-refractivity contribution in [3.63, 3.8) is 0 Å². The van der Waals surface area contributed by atoms with Crippen molar-refractivity contribution in [2.75, 3.05) is 13.2 Å². The van der Waals surface area contributed by atoms with E-state index in [0.29, 0.717) is 25.9 Å². The smallest absolute Gasteiger partial charge is 0.305 e. The Morgan fingerprint density at radius 2 is 0.693 bits per heavy atom. The molecule has 2 unspecified atom stereocenters. The molecule has 0 saturated carbocycles. The Kier molecular flexibility index (Phi) is 63.0. The summed E-state index contributed by atoms with van der Waals surface area (Å²) in [6, 6.07) is -0.548. The Balaban J connectivity index is 3.42. The normalized spacial score (nSPS) is 12.7. The van der Waals surface area contributed by atoms with Crippen molar-refractivity contribution in [3.8, 4) is 0 Å². The monoisotopic (exact) mass is 1050 g/mol. The molecule has 442 valence electrons. The molecule has 1 amide bonds. The third kappa shape index (κ3) is 61.2. The highest BCUT2D eigenvalue weighted by molar-refractivity contribution is 5.76. The molecule has 3 N–H and O–H groups in total. The quantitative estimate of drug-likeness (QED) is 0.0320. The lowest BCUT2D eigenvalue weighted by Gasteiger charge is -2.22. The van der Waals surface area contributed by atoms with E-state index >= 15 is 0 Å². The molecule has 75 heavy (non-hydrogen) atoms. The second-order valence-electron chi connectivity index (χ2n) is 23.1. The van der Waals surface area contributed by atoms with Gasteiger partial charge in [0.25, 0.3) is 0 Å². The predicted octanol–water partition coefficient (Wildman–Crippen LogP) is 21.5. The number of hydrogen-bond acceptors (Lipinski definition) is 5. The molecule has 0 heterocycles. The predicted molar refractivity (Wildman–Crippen MR) is 329 cm³/mol. The number of carbonyl (C=O) groups is 2. The second kappa shape index (κ2) is 64.6. The average molecular weight is 1050 g/mol. The number of aliphatic hydroxyl groups is 2. The molecule has 0 spiro atoms. The minimum absolute atomic E-state index is 0.00346. The minimum Gasteiger partial charge on any atom is -0.466 e. The highest BCUT2D eigenvalue weighted by Gasteiger charge is 2.20. The number of carbonyl (C=O) groups excluding carboxylic acids is 2. The zero-order chi connectivity index (χ0) is 54.3. The number of ether oxygens (including phenoxy) is 1. The number of amides is 1. The van der Waals surface area contributed by atoms with Crippen LogP contribution in [0.4, 0.5) is 0 Å². The van der Waals surface area contributed by atoms with E-state index in [9.17, 15) is 19.8 Å². The van der Waals surface area contributed by atoms with E-state index in [2.05, 4.69) is 55.6 Å². The van der Waals surface area contributed by atoms with E-state index in [-0.39, 0.29) is 18.5 Å². The van der Waals surface area contributed by atoms with E-state index in [1.54, 1.807) is 0 Å². The summed E-state index contributed by atoms with van der Waals surface area (Å²) in [5, 5.41) is 23.4. The summed E-state index contributed by atoms with van der Waals surface area (Å²) >= 11 is 0. The molecule has 0 fully saturated rings. The van der Waals surface area contributed by atoms with Crippen LogP contribution in [0.25, 0.3) is 0 Å². The minimum atomic E-state index is -0.670. The van der Waals surface area contributed by atoms with E-state index < -0.39 is 12.1 Å². The fourth-order valence-electron chi connectivity index (χ4n) is 10.5. The molecule has 0 saturated heterocycles.